The molecule has 1 rings (SSSR count). The lowest BCUT2D eigenvalue weighted by Crippen LogP contribution is -2.42. The van der Waals surface area contributed by atoms with Crippen molar-refractivity contribution < 1.29 is 9.59 Å². The Balaban J connectivity index is 2.58. The highest BCUT2D eigenvalue weighted by Crippen LogP contribution is 2.13. The summed E-state index contributed by atoms with van der Waals surface area (Å²) in [4.78, 5) is 21.8. The molecule has 0 aromatic rings. The van der Waals surface area contributed by atoms with Crippen LogP contribution >= 0.6 is 0 Å². The van der Waals surface area contributed by atoms with Crippen molar-refractivity contribution in [3.05, 3.63) is 12.7 Å². The zero-order valence-electron chi connectivity index (χ0n) is 6.30. The molecule has 1 amide bonds. The van der Waals surface area contributed by atoms with Crippen molar-refractivity contribution in [3.8, 4) is 0 Å². The number of hydrogen-bond acceptors (Lipinski definition) is 2. The summed E-state index contributed by atoms with van der Waals surface area (Å²) in [5.41, 5.74) is 0. The number of amides is 1. The van der Waals surface area contributed by atoms with Crippen LogP contribution in [0.25, 0.3) is 0 Å². The Morgan fingerprint density at radius 3 is 3.00 bits per heavy atom. The van der Waals surface area contributed by atoms with Crippen molar-refractivity contribution >= 4 is 11.7 Å². The maximum absolute atomic E-state index is 11.1. The van der Waals surface area contributed by atoms with E-state index in [0.717, 1.165) is 6.42 Å². The van der Waals surface area contributed by atoms with Crippen molar-refractivity contribution in [1.29, 1.82) is 0 Å². The molecule has 0 aliphatic carbocycles. The normalized spacial score (nSPS) is 24.5. The van der Waals surface area contributed by atoms with Gasteiger partial charge in [0.2, 0.25) is 5.78 Å². The number of allylic oxidation sites excluding steroid dienone is 1. The van der Waals surface area contributed by atoms with Gasteiger partial charge in [0, 0.05) is 12.5 Å². The molecule has 11 heavy (non-hydrogen) atoms. The molecule has 1 fully saturated rings. The molecular weight excluding hydrogens is 142 g/mol. The first-order chi connectivity index (χ1) is 5.25. The summed E-state index contributed by atoms with van der Waals surface area (Å²) < 4.78 is 0. The van der Waals surface area contributed by atoms with Crippen LogP contribution in [0.3, 0.4) is 0 Å². The molecule has 1 aliphatic rings. The molecule has 0 radical (unpaired) electrons. The second kappa shape index (κ2) is 3.32. The van der Waals surface area contributed by atoms with Crippen LogP contribution in [0.2, 0.25) is 0 Å². The fraction of sp³-hybridized carbons (Fsp3) is 0.500. The van der Waals surface area contributed by atoms with E-state index in [1.807, 2.05) is 0 Å². The number of piperidine rings is 1. The van der Waals surface area contributed by atoms with E-state index in [0.29, 0.717) is 13.0 Å². The molecule has 1 unspecified atom stereocenters. The van der Waals surface area contributed by atoms with Crippen LogP contribution in [0.1, 0.15) is 12.8 Å². The number of carbonyl (C=O) groups is 2. The Bertz CT molecular complexity index is 198. The Morgan fingerprint density at radius 2 is 2.36 bits per heavy atom. The highest BCUT2D eigenvalue weighted by molar-refractivity contribution is 6.37. The molecule has 1 saturated heterocycles. The third kappa shape index (κ3) is 1.67. The minimum Gasteiger partial charge on any atom is -0.349 e. The second-order valence-electron chi connectivity index (χ2n) is 2.63. The Morgan fingerprint density at radius 1 is 1.64 bits per heavy atom. The molecule has 0 aromatic carbocycles. The molecule has 60 valence electrons. The van der Waals surface area contributed by atoms with Crippen LogP contribution in [0.4, 0.5) is 0 Å². The predicted molar refractivity (Wildman–Crippen MR) is 40.9 cm³/mol. The largest absolute Gasteiger partial charge is 0.349 e. The fourth-order valence-electron chi connectivity index (χ4n) is 1.19. The van der Waals surface area contributed by atoms with Gasteiger partial charge in [-0.1, -0.05) is 6.08 Å². The van der Waals surface area contributed by atoms with E-state index in [1.54, 1.807) is 6.08 Å². The van der Waals surface area contributed by atoms with Crippen molar-refractivity contribution in [2.75, 3.05) is 6.54 Å². The summed E-state index contributed by atoms with van der Waals surface area (Å²) in [7, 11) is 0. The summed E-state index contributed by atoms with van der Waals surface area (Å²) >= 11 is 0. The third-order valence-electron chi connectivity index (χ3n) is 1.82. The highest BCUT2D eigenvalue weighted by Gasteiger charge is 2.27. The molecule has 3 nitrogen and oxygen atoms in total. The van der Waals surface area contributed by atoms with Gasteiger partial charge in [-0.3, -0.25) is 9.59 Å². The Labute approximate surface area is 65.5 Å². The van der Waals surface area contributed by atoms with Crippen LogP contribution in [0.15, 0.2) is 12.7 Å². The van der Waals surface area contributed by atoms with Crippen LogP contribution in [-0.4, -0.2) is 18.2 Å². The monoisotopic (exact) mass is 153 g/mol. The number of ketones is 1. The Kier molecular flexibility index (Phi) is 2.41. The Hall–Kier alpha value is -1.12. The van der Waals surface area contributed by atoms with E-state index in [-0.39, 0.29) is 11.7 Å². The molecule has 0 saturated carbocycles. The minimum atomic E-state index is -0.442. The molecule has 1 heterocycles. The lowest BCUT2D eigenvalue weighted by atomic mass is 9.93. The first kappa shape index (κ1) is 7.98. The molecule has 0 aromatic heterocycles. The molecule has 3 heteroatoms. The predicted octanol–water partition coefficient (Wildman–Crippen LogP) is 0.268. The van der Waals surface area contributed by atoms with E-state index >= 15 is 0 Å². The molecule has 1 N–H and O–H groups in total. The minimum absolute atomic E-state index is 0.124. The molecule has 1 aliphatic heterocycles. The van der Waals surface area contributed by atoms with Gasteiger partial charge in [-0.25, -0.2) is 0 Å². The van der Waals surface area contributed by atoms with Crippen molar-refractivity contribution in [2.24, 2.45) is 5.92 Å². The lowest BCUT2D eigenvalue weighted by molar-refractivity contribution is -0.142. The van der Waals surface area contributed by atoms with E-state index in [9.17, 15) is 9.59 Å². The van der Waals surface area contributed by atoms with Gasteiger partial charge < -0.3 is 5.32 Å². The van der Waals surface area contributed by atoms with Crippen molar-refractivity contribution in [1.82, 2.24) is 5.32 Å². The van der Waals surface area contributed by atoms with Crippen molar-refractivity contribution in [2.45, 2.75) is 12.8 Å². The highest BCUT2D eigenvalue weighted by atomic mass is 16.2. The van der Waals surface area contributed by atoms with Gasteiger partial charge in [0.05, 0.1) is 0 Å². The van der Waals surface area contributed by atoms with Crippen LogP contribution in [-0.2, 0) is 9.59 Å². The molecule has 0 bridgehead atoms. The van der Waals surface area contributed by atoms with Crippen LogP contribution < -0.4 is 5.32 Å². The van der Waals surface area contributed by atoms with Gasteiger partial charge in [-0.2, -0.15) is 0 Å². The number of rotatable bonds is 2. The average molecular weight is 153 g/mol. The summed E-state index contributed by atoms with van der Waals surface area (Å²) in [5, 5.41) is 2.50. The van der Waals surface area contributed by atoms with Gasteiger partial charge in [0.25, 0.3) is 5.91 Å². The summed E-state index contributed by atoms with van der Waals surface area (Å²) in [6, 6.07) is 0. The zero-order valence-corrected chi connectivity index (χ0v) is 6.30. The van der Waals surface area contributed by atoms with Crippen LogP contribution in [0.5, 0.6) is 0 Å². The standard InChI is InChI=1S/C8H11NO2/c1-2-3-6-4-5-9-8(11)7(6)10/h2,6H,1,3-5H2,(H,9,11). The second-order valence-corrected chi connectivity index (χ2v) is 2.63. The van der Waals surface area contributed by atoms with Crippen molar-refractivity contribution in [3.63, 3.8) is 0 Å². The molecule has 1 atom stereocenters. The van der Waals surface area contributed by atoms with Gasteiger partial charge in [-0.15, -0.1) is 6.58 Å². The molecular formula is C8H11NO2. The summed E-state index contributed by atoms with van der Waals surface area (Å²) in [6.45, 7) is 4.14. The lowest BCUT2D eigenvalue weighted by Gasteiger charge is -2.18. The topological polar surface area (TPSA) is 46.2 Å². The van der Waals surface area contributed by atoms with E-state index in [1.165, 1.54) is 0 Å². The summed E-state index contributed by atoms with van der Waals surface area (Å²) in [5.74, 6) is -0.861. The maximum atomic E-state index is 11.1. The smallest absolute Gasteiger partial charge is 0.287 e. The van der Waals surface area contributed by atoms with E-state index < -0.39 is 5.91 Å². The van der Waals surface area contributed by atoms with Crippen LogP contribution in [0, 0.1) is 5.92 Å². The third-order valence-corrected chi connectivity index (χ3v) is 1.82. The number of carbonyl (C=O) groups excluding carboxylic acids is 2. The van der Waals surface area contributed by atoms with Gasteiger partial charge in [0.15, 0.2) is 0 Å². The molecule has 0 spiro atoms. The average Bonchev–Trinajstić information content (AvgIpc) is 1.99. The maximum Gasteiger partial charge on any atom is 0.287 e. The number of hydrogen-bond donors (Lipinski definition) is 1. The SMILES string of the molecule is C=CCC1CCNC(=O)C1=O. The van der Waals surface area contributed by atoms with Gasteiger partial charge in [0.1, 0.15) is 0 Å². The van der Waals surface area contributed by atoms with E-state index in [4.69, 9.17) is 0 Å². The van der Waals surface area contributed by atoms with Gasteiger partial charge in [-0.05, 0) is 12.8 Å². The first-order valence-corrected chi connectivity index (χ1v) is 3.68. The van der Waals surface area contributed by atoms with Gasteiger partial charge >= 0.3 is 0 Å². The first-order valence-electron chi connectivity index (χ1n) is 3.68. The zero-order chi connectivity index (χ0) is 8.27. The summed E-state index contributed by atoms with van der Waals surface area (Å²) in [6.07, 6.45) is 3.05. The fourth-order valence-corrected chi connectivity index (χ4v) is 1.19. The number of nitrogens with one attached hydrogen (secondary N) is 1. The quantitative estimate of drug-likeness (QED) is 0.457. The number of Topliss-reactive ketones (excluding diaryl/α,β-unsaturated/α-hetero) is 1. The van der Waals surface area contributed by atoms with E-state index in [2.05, 4.69) is 11.9 Å².